The molecule has 0 amide bonds. The molecule has 0 atom stereocenters. The van der Waals surface area contributed by atoms with Crippen LogP contribution in [0, 0.1) is 0 Å². The van der Waals surface area contributed by atoms with Gasteiger partial charge < -0.3 is 9.47 Å². The van der Waals surface area contributed by atoms with Crippen LogP contribution in [0.4, 0.5) is 0 Å². The van der Waals surface area contributed by atoms with Gasteiger partial charge in [0.15, 0.2) is 5.16 Å². The normalized spacial score (nSPS) is 16.8. The van der Waals surface area contributed by atoms with E-state index < -0.39 is 0 Å². The molecule has 0 unspecified atom stereocenters. The molecular formula is C15H25N3OS. The van der Waals surface area contributed by atoms with Crippen molar-refractivity contribution in [2.75, 3.05) is 25.4 Å². The van der Waals surface area contributed by atoms with E-state index in [0.29, 0.717) is 6.04 Å². The largest absolute Gasteiger partial charge is 0.325 e. The van der Waals surface area contributed by atoms with Gasteiger partial charge in [-0.3, -0.25) is 4.79 Å². The van der Waals surface area contributed by atoms with Crippen LogP contribution in [0.1, 0.15) is 45.6 Å². The lowest BCUT2D eigenvalue weighted by Crippen LogP contribution is -2.30. The topological polar surface area (TPSA) is 38.1 Å². The van der Waals surface area contributed by atoms with E-state index in [1.165, 1.54) is 45.0 Å². The summed E-state index contributed by atoms with van der Waals surface area (Å²) >= 11 is 1.70. The van der Waals surface area contributed by atoms with Gasteiger partial charge in [-0.1, -0.05) is 18.2 Å². The van der Waals surface area contributed by atoms with E-state index in [0.717, 1.165) is 17.3 Å². The van der Waals surface area contributed by atoms with Gasteiger partial charge in [0.05, 0.1) is 0 Å². The minimum atomic E-state index is -0.138. The van der Waals surface area contributed by atoms with Crippen molar-refractivity contribution in [2.45, 2.75) is 50.7 Å². The molecule has 0 aromatic carbocycles. The van der Waals surface area contributed by atoms with Gasteiger partial charge in [0.25, 0.3) is 5.56 Å². The summed E-state index contributed by atoms with van der Waals surface area (Å²) in [5, 5.41) is 0.853. The van der Waals surface area contributed by atoms with Crippen molar-refractivity contribution >= 4 is 11.8 Å². The third-order valence-electron chi connectivity index (χ3n) is 3.66. The Bertz CT molecular complexity index is 466. The van der Waals surface area contributed by atoms with Crippen LogP contribution in [0.25, 0.3) is 0 Å². The van der Waals surface area contributed by atoms with Crippen LogP contribution in [0.15, 0.2) is 22.2 Å². The first-order valence-electron chi connectivity index (χ1n) is 7.61. The molecule has 0 spiro atoms. The van der Waals surface area contributed by atoms with Crippen molar-refractivity contribution in [3.05, 3.63) is 22.6 Å². The first-order chi connectivity index (χ1) is 9.66. The van der Waals surface area contributed by atoms with E-state index in [1.54, 1.807) is 11.8 Å². The average molecular weight is 295 g/mol. The van der Waals surface area contributed by atoms with Crippen molar-refractivity contribution in [3.63, 3.8) is 0 Å². The van der Waals surface area contributed by atoms with E-state index in [4.69, 9.17) is 0 Å². The first kappa shape index (κ1) is 15.6. The van der Waals surface area contributed by atoms with Crippen molar-refractivity contribution < 1.29 is 0 Å². The number of nitrogens with zero attached hydrogens (tertiary/aromatic N) is 3. The SMILES string of the molecule is CC(C)n1ccc(=O)nc1SCCCN1CCCCC1. The van der Waals surface area contributed by atoms with Crippen LogP contribution in [0.2, 0.25) is 0 Å². The van der Waals surface area contributed by atoms with Gasteiger partial charge in [-0.2, -0.15) is 4.98 Å². The zero-order valence-corrected chi connectivity index (χ0v) is 13.4. The second kappa shape index (κ2) is 7.84. The molecule has 0 radical (unpaired) electrons. The standard InChI is InChI=1S/C15H25N3OS/c1-13(2)18-11-7-14(19)16-15(18)20-12-6-10-17-8-4-3-5-9-17/h7,11,13H,3-6,8-10,12H2,1-2H3. The highest BCUT2D eigenvalue weighted by Crippen LogP contribution is 2.19. The average Bonchev–Trinajstić information content (AvgIpc) is 2.44. The summed E-state index contributed by atoms with van der Waals surface area (Å²) in [4.78, 5) is 18.1. The minimum Gasteiger partial charge on any atom is -0.325 e. The summed E-state index contributed by atoms with van der Waals surface area (Å²) < 4.78 is 2.08. The molecule has 1 aliphatic rings. The second-order valence-corrected chi connectivity index (χ2v) is 6.72. The smallest absolute Gasteiger partial charge is 0.273 e. The van der Waals surface area contributed by atoms with Crippen LogP contribution in [0.5, 0.6) is 0 Å². The third kappa shape index (κ3) is 4.63. The van der Waals surface area contributed by atoms with E-state index in [-0.39, 0.29) is 5.56 Å². The lowest BCUT2D eigenvalue weighted by atomic mass is 10.1. The number of hydrogen-bond donors (Lipinski definition) is 0. The van der Waals surface area contributed by atoms with Gasteiger partial charge in [-0.15, -0.1) is 0 Å². The minimum absolute atomic E-state index is 0.138. The lowest BCUT2D eigenvalue weighted by Gasteiger charge is -2.26. The Kier molecular flexibility index (Phi) is 6.10. The molecule has 20 heavy (non-hydrogen) atoms. The molecule has 0 saturated carbocycles. The summed E-state index contributed by atoms with van der Waals surface area (Å²) in [6, 6.07) is 1.88. The Labute approximate surface area is 125 Å². The molecule has 2 rings (SSSR count). The quantitative estimate of drug-likeness (QED) is 0.459. The number of rotatable bonds is 6. The van der Waals surface area contributed by atoms with E-state index >= 15 is 0 Å². The third-order valence-corrected chi connectivity index (χ3v) is 4.71. The Balaban J connectivity index is 1.81. The zero-order valence-electron chi connectivity index (χ0n) is 12.5. The van der Waals surface area contributed by atoms with Crippen LogP contribution in [-0.4, -0.2) is 39.8 Å². The van der Waals surface area contributed by atoms with Gasteiger partial charge in [-0.25, -0.2) is 0 Å². The van der Waals surface area contributed by atoms with Crippen molar-refractivity contribution in [1.82, 2.24) is 14.5 Å². The highest BCUT2D eigenvalue weighted by atomic mass is 32.2. The Hall–Kier alpha value is -0.810. The Morgan fingerprint density at radius 1 is 1.30 bits per heavy atom. The molecule has 1 saturated heterocycles. The lowest BCUT2D eigenvalue weighted by molar-refractivity contribution is 0.230. The van der Waals surface area contributed by atoms with E-state index in [2.05, 4.69) is 28.3 Å². The highest BCUT2D eigenvalue weighted by molar-refractivity contribution is 7.99. The van der Waals surface area contributed by atoms with Crippen LogP contribution < -0.4 is 5.56 Å². The number of thioether (sulfide) groups is 1. The molecule has 4 nitrogen and oxygen atoms in total. The summed E-state index contributed by atoms with van der Waals surface area (Å²) in [5.41, 5.74) is -0.138. The van der Waals surface area contributed by atoms with Gasteiger partial charge in [0, 0.05) is 24.1 Å². The number of aromatic nitrogens is 2. The molecule has 1 aliphatic heterocycles. The predicted octanol–water partition coefficient (Wildman–Crippen LogP) is 2.79. The summed E-state index contributed by atoms with van der Waals surface area (Å²) in [7, 11) is 0. The summed E-state index contributed by atoms with van der Waals surface area (Å²) in [6.07, 6.45) is 7.10. The summed E-state index contributed by atoms with van der Waals surface area (Å²) in [5.74, 6) is 1.03. The molecule has 1 aromatic heterocycles. The second-order valence-electron chi connectivity index (χ2n) is 5.65. The predicted molar refractivity (Wildman–Crippen MR) is 84.5 cm³/mol. The van der Waals surface area contributed by atoms with E-state index in [9.17, 15) is 4.79 Å². The Morgan fingerprint density at radius 2 is 2.05 bits per heavy atom. The number of hydrogen-bond acceptors (Lipinski definition) is 4. The maximum Gasteiger partial charge on any atom is 0.273 e. The fraction of sp³-hybridized carbons (Fsp3) is 0.733. The number of piperidine rings is 1. The molecule has 0 aliphatic carbocycles. The fourth-order valence-electron chi connectivity index (χ4n) is 2.53. The molecule has 2 heterocycles. The van der Waals surface area contributed by atoms with Crippen molar-refractivity contribution in [2.24, 2.45) is 0 Å². The molecule has 5 heteroatoms. The van der Waals surface area contributed by atoms with Gasteiger partial charge in [0.1, 0.15) is 0 Å². The van der Waals surface area contributed by atoms with E-state index in [1.807, 2.05) is 6.20 Å². The van der Waals surface area contributed by atoms with Crippen LogP contribution in [-0.2, 0) is 0 Å². The van der Waals surface area contributed by atoms with Crippen molar-refractivity contribution in [1.29, 1.82) is 0 Å². The first-order valence-corrected chi connectivity index (χ1v) is 8.60. The maximum absolute atomic E-state index is 11.4. The highest BCUT2D eigenvalue weighted by Gasteiger charge is 2.10. The molecule has 0 N–H and O–H groups in total. The molecule has 112 valence electrons. The van der Waals surface area contributed by atoms with Crippen molar-refractivity contribution in [3.8, 4) is 0 Å². The van der Waals surface area contributed by atoms with Gasteiger partial charge in [-0.05, 0) is 52.7 Å². The van der Waals surface area contributed by atoms with Crippen LogP contribution in [0.3, 0.4) is 0 Å². The van der Waals surface area contributed by atoms with Gasteiger partial charge >= 0.3 is 0 Å². The molecular weight excluding hydrogens is 270 g/mol. The fourth-order valence-corrected chi connectivity index (χ4v) is 3.56. The number of likely N-dealkylation sites (tertiary alicyclic amines) is 1. The maximum atomic E-state index is 11.4. The van der Waals surface area contributed by atoms with Gasteiger partial charge in [0.2, 0.25) is 0 Å². The molecule has 1 fully saturated rings. The molecule has 0 bridgehead atoms. The summed E-state index contributed by atoms with van der Waals surface area (Å²) in [6.45, 7) is 7.91. The molecule has 1 aromatic rings. The van der Waals surface area contributed by atoms with Crippen LogP contribution >= 0.6 is 11.8 Å². The monoisotopic (exact) mass is 295 g/mol. The Morgan fingerprint density at radius 3 is 2.75 bits per heavy atom. The zero-order chi connectivity index (χ0) is 14.4.